The van der Waals surface area contributed by atoms with Crippen molar-refractivity contribution < 1.29 is 4.74 Å². The highest BCUT2D eigenvalue weighted by molar-refractivity contribution is 5.40. The minimum absolute atomic E-state index is 0.496. The van der Waals surface area contributed by atoms with E-state index in [0.29, 0.717) is 12.0 Å². The average Bonchev–Trinajstić information content (AvgIpc) is 2.56. The zero-order valence-corrected chi connectivity index (χ0v) is 13.1. The van der Waals surface area contributed by atoms with E-state index in [9.17, 15) is 0 Å². The van der Waals surface area contributed by atoms with Crippen LogP contribution in [0, 0.1) is 0 Å². The van der Waals surface area contributed by atoms with Crippen molar-refractivity contribution in [3.05, 3.63) is 41.5 Å². The van der Waals surface area contributed by atoms with E-state index in [-0.39, 0.29) is 0 Å². The quantitative estimate of drug-likeness (QED) is 0.809. The second kappa shape index (κ2) is 7.13. The van der Waals surface area contributed by atoms with Crippen molar-refractivity contribution in [3.63, 3.8) is 0 Å². The monoisotopic (exact) mass is 285 g/mol. The van der Waals surface area contributed by atoms with E-state index in [1.807, 2.05) is 0 Å². The molecule has 2 unspecified atom stereocenters. The lowest BCUT2D eigenvalue weighted by atomic mass is 9.80. The van der Waals surface area contributed by atoms with Crippen molar-refractivity contribution in [1.29, 1.82) is 0 Å². The lowest BCUT2D eigenvalue weighted by Crippen LogP contribution is -2.39. The van der Waals surface area contributed by atoms with E-state index in [2.05, 4.69) is 42.6 Å². The molecular weight excluding hydrogens is 258 g/mol. The topological polar surface area (TPSA) is 21.3 Å². The molecule has 2 heteroatoms. The van der Waals surface area contributed by atoms with Gasteiger partial charge >= 0.3 is 0 Å². The van der Waals surface area contributed by atoms with E-state index in [1.165, 1.54) is 37.7 Å². The van der Waals surface area contributed by atoms with Crippen molar-refractivity contribution in [3.8, 4) is 5.75 Å². The number of nitrogens with one attached hydrogen (secondary N) is 1. The van der Waals surface area contributed by atoms with Crippen LogP contribution in [-0.2, 0) is 0 Å². The molecule has 2 atom stereocenters. The maximum atomic E-state index is 5.85. The lowest BCUT2D eigenvalue weighted by Gasteiger charge is -2.35. The minimum atomic E-state index is 0.496. The number of benzene rings is 1. The molecule has 1 aromatic rings. The van der Waals surface area contributed by atoms with Crippen LogP contribution in [0.15, 0.2) is 35.9 Å². The van der Waals surface area contributed by atoms with Crippen LogP contribution in [0.4, 0.5) is 0 Å². The largest absolute Gasteiger partial charge is 0.493 e. The smallest absolute Gasteiger partial charge is 0.122 e. The zero-order chi connectivity index (χ0) is 14.5. The third-order valence-electron chi connectivity index (χ3n) is 4.75. The van der Waals surface area contributed by atoms with Gasteiger partial charge in [-0.3, -0.25) is 0 Å². The molecule has 3 rings (SSSR count). The van der Waals surface area contributed by atoms with Crippen molar-refractivity contribution in [2.45, 2.75) is 57.4 Å². The summed E-state index contributed by atoms with van der Waals surface area (Å²) in [5.41, 5.74) is 3.03. The fourth-order valence-electron chi connectivity index (χ4n) is 3.69. The SMILES string of the molecule is CCCNC(C1=CCCCC1)C1CCOc2ccccc21. The fourth-order valence-corrected chi connectivity index (χ4v) is 3.69. The summed E-state index contributed by atoms with van der Waals surface area (Å²) in [6.45, 7) is 4.19. The molecule has 1 aliphatic heterocycles. The molecule has 0 spiro atoms. The van der Waals surface area contributed by atoms with Gasteiger partial charge in [0.05, 0.1) is 6.61 Å². The molecule has 1 aliphatic carbocycles. The fraction of sp³-hybridized carbons (Fsp3) is 0.579. The maximum absolute atomic E-state index is 5.85. The second-order valence-electron chi connectivity index (χ2n) is 6.24. The first-order valence-electron chi connectivity index (χ1n) is 8.54. The Morgan fingerprint density at radius 2 is 2.19 bits per heavy atom. The Balaban J connectivity index is 1.87. The van der Waals surface area contributed by atoms with Crippen LogP contribution in [0.25, 0.3) is 0 Å². The molecule has 2 nitrogen and oxygen atoms in total. The van der Waals surface area contributed by atoms with Crippen LogP contribution in [0.1, 0.15) is 56.9 Å². The van der Waals surface area contributed by atoms with Gasteiger partial charge in [0.15, 0.2) is 0 Å². The number of fused-ring (bicyclic) bond motifs is 1. The van der Waals surface area contributed by atoms with Crippen molar-refractivity contribution in [1.82, 2.24) is 5.32 Å². The van der Waals surface area contributed by atoms with Crippen LogP contribution in [0.3, 0.4) is 0 Å². The molecule has 0 aromatic heterocycles. The molecule has 0 amide bonds. The minimum Gasteiger partial charge on any atom is -0.493 e. The summed E-state index contributed by atoms with van der Waals surface area (Å²) in [6.07, 6.45) is 10.0. The lowest BCUT2D eigenvalue weighted by molar-refractivity contribution is 0.251. The van der Waals surface area contributed by atoms with E-state index < -0.39 is 0 Å². The molecule has 0 saturated carbocycles. The molecule has 0 radical (unpaired) electrons. The molecule has 114 valence electrons. The highest BCUT2D eigenvalue weighted by Crippen LogP contribution is 2.39. The molecular formula is C19H27NO. The normalized spacial score (nSPS) is 22.9. The Labute approximate surface area is 128 Å². The van der Waals surface area contributed by atoms with Gasteiger partial charge in [-0.2, -0.15) is 0 Å². The summed E-state index contributed by atoms with van der Waals surface area (Å²) in [6, 6.07) is 9.09. The first kappa shape index (κ1) is 14.6. The standard InChI is InChI=1S/C19H27NO/c1-2-13-20-19(15-8-4-3-5-9-15)17-12-14-21-18-11-7-6-10-16(17)18/h6-8,10-11,17,19-20H,2-5,9,12-14H2,1H3. The first-order valence-corrected chi connectivity index (χ1v) is 8.54. The molecule has 1 N–H and O–H groups in total. The summed E-state index contributed by atoms with van der Waals surface area (Å²) in [5, 5.41) is 3.83. The van der Waals surface area contributed by atoms with Crippen molar-refractivity contribution in [2.24, 2.45) is 0 Å². The number of allylic oxidation sites excluding steroid dienone is 1. The van der Waals surface area contributed by atoms with Crippen LogP contribution < -0.4 is 10.1 Å². The highest BCUT2D eigenvalue weighted by atomic mass is 16.5. The van der Waals surface area contributed by atoms with Gasteiger partial charge in [0, 0.05) is 12.0 Å². The van der Waals surface area contributed by atoms with Gasteiger partial charge in [-0.15, -0.1) is 0 Å². The van der Waals surface area contributed by atoms with Gasteiger partial charge in [0.2, 0.25) is 0 Å². The molecule has 0 fully saturated rings. The number of ether oxygens (including phenoxy) is 1. The summed E-state index contributed by atoms with van der Waals surface area (Å²) < 4.78 is 5.85. The number of rotatable bonds is 5. The average molecular weight is 285 g/mol. The number of hydrogen-bond acceptors (Lipinski definition) is 2. The Morgan fingerprint density at radius 3 is 3.00 bits per heavy atom. The van der Waals surface area contributed by atoms with Gasteiger partial charge in [0.25, 0.3) is 0 Å². The molecule has 0 bridgehead atoms. The molecule has 2 aliphatic rings. The molecule has 0 saturated heterocycles. The third kappa shape index (κ3) is 3.32. The van der Waals surface area contributed by atoms with Crippen molar-refractivity contribution in [2.75, 3.05) is 13.2 Å². The third-order valence-corrected chi connectivity index (χ3v) is 4.75. The Morgan fingerprint density at radius 1 is 1.29 bits per heavy atom. The Bertz CT molecular complexity index is 494. The molecule has 1 heterocycles. The highest BCUT2D eigenvalue weighted by Gasteiger charge is 2.30. The first-order chi connectivity index (χ1) is 10.4. The summed E-state index contributed by atoms with van der Waals surface area (Å²) in [4.78, 5) is 0. The van der Waals surface area contributed by atoms with E-state index >= 15 is 0 Å². The zero-order valence-electron chi connectivity index (χ0n) is 13.1. The van der Waals surface area contributed by atoms with Crippen molar-refractivity contribution >= 4 is 0 Å². The Kier molecular flexibility index (Phi) is 4.97. The molecule has 21 heavy (non-hydrogen) atoms. The second-order valence-corrected chi connectivity index (χ2v) is 6.24. The predicted octanol–water partition coefficient (Wildman–Crippen LogP) is 4.42. The van der Waals surface area contributed by atoms with E-state index in [0.717, 1.165) is 25.3 Å². The van der Waals surface area contributed by atoms with Gasteiger partial charge in [-0.25, -0.2) is 0 Å². The maximum Gasteiger partial charge on any atom is 0.122 e. The number of para-hydroxylation sites is 1. The molecule has 1 aromatic carbocycles. The van der Waals surface area contributed by atoms with Gasteiger partial charge in [-0.05, 0) is 56.7 Å². The Hall–Kier alpha value is -1.28. The summed E-state index contributed by atoms with van der Waals surface area (Å²) in [5.74, 6) is 1.65. The summed E-state index contributed by atoms with van der Waals surface area (Å²) >= 11 is 0. The van der Waals surface area contributed by atoms with Gasteiger partial charge in [-0.1, -0.05) is 36.8 Å². The summed E-state index contributed by atoms with van der Waals surface area (Å²) in [7, 11) is 0. The van der Waals surface area contributed by atoms with Crippen LogP contribution >= 0.6 is 0 Å². The van der Waals surface area contributed by atoms with Gasteiger partial charge < -0.3 is 10.1 Å². The van der Waals surface area contributed by atoms with Crippen LogP contribution in [0.5, 0.6) is 5.75 Å². The number of hydrogen-bond donors (Lipinski definition) is 1. The van der Waals surface area contributed by atoms with E-state index in [4.69, 9.17) is 4.74 Å². The predicted molar refractivity (Wildman–Crippen MR) is 87.9 cm³/mol. The van der Waals surface area contributed by atoms with Crippen LogP contribution in [0.2, 0.25) is 0 Å². The van der Waals surface area contributed by atoms with Gasteiger partial charge in [0.1, 0.15) is 5.75 Å². The van der Waals surface area contributed by atoms with E-state index in [1.54, 1.807) is 5.57 Å². The van der Waals surface area contributed by atoms with Crippen LogP contribution in [-0.4, -0.2) is 19.2 Å².